The molecule has 0 aromatic carbocycles. The van der Waals surface area contributed by atoms with Gasteiger partial charge in [-0.1, -0.05) is 20.3 Å². The summed E-state index contributed by atoms with van der Waals surface area (Å²) in [6.07, 6.45) is 4.58. The first kappa shape index (κ1) is 13.8. The summed E-state index contributed by atoms with van der Waals surface area (Å²) in [7, 11) is 0. The monoisotopic (exact) mass is 246 g/mol. The molecule has 2 saturated heterocycles. The molecular weight excluding hydrogens is 224 g/mol. The van der Waals surface area contributed by atoms with Crippen molar-refractivity contribution in [1.82, 2.24) is 10.2 Å². The lowest BCUT2D eigenvalue weighted by atomic mass is 9.93. The van der Waals surface area contributed by atoms with Gasteiger partial charge in [-0.2, -0.15) is 0 Å². The highest BCUT2D eigenvalue weighted by atomic mass is 35.5. The van der Waals surface area contributed by atoms with Crippen LogP contribution in [0, 0.1) is 5.41 Å². The van der Waals surface area contributed by atoms with E-state index >= 15 is 0 Å². The molecule has 2 aliphatic rings. The van der Waals surface area contributed by atoms with E-state index < -0.39 is 0 Å². The molecule has 3 nitrogen and oxygen atoms in total. The smallest absolute Gasteiger partial charge is 0.239 e. The number of hydrogen-bond donors (Lipinski definition) is 1. The van der Waals surface area contributed by atoms with E-state index in [9.17, 15) is 4.79 Å². The van der Waals surface area contributed by atoms with Gasteiger partial charge in [0.15, 0.2) is 0 Å². The molecule has 0 saturated carbocycles. The fourth-order valence-electron chi connectivity index (χ4n) is 2.58. The maximum atomic E-state index is 12.2. The van der Waals surface area contributed by atoms with E-state index in [4.69, 9.17) is 0 Å². The SMILES string of the molecule is CC1(C)CCN(C(=O)[C@H]2CCCCN2)C1.Cl. The van der Waals surface area contributed by atoms with Crippen LogP contribution < -0.4 is 5.32 Å². The lowest BCUT2D eigenvalue weighted by Crippen LogP contribution is -2.48. The van der Waals surface area contributed by atoms with Crippen LogP contribution in [-0.2, 0) is 4.79 Å². The largest absolute Gasteiger partial charge is 0.341 e. The highest BCUT2D eigenvalue weighted by Gasteiger charge is 2.35. The second-order valence-corrected chi connectivity index (χ2v) is 5.68. The fraction of sp³-hybridized carbons (Fsp3) is 0.917. The van der Waals surface area contributed by atoms with E-state index in [2.05, 4.69) is 19.2 Å². The summed E-state index contributed by atoms with van der Waals surface area (Å²) < 4.78 is 0. The number of carbonyl (C=O) groups excluding carboxylic acids is 1. The third-order valence-electron chi connectivity index (χ3n) is 3.60. The first-order valence-corrected chi connectivity index (χ1v) is 6.11. The highest BCUT2D eigenvalue weighted by molar-refractivity contribution is 5.85. The van der Waals surface area contributed by atoms with Crippen molar-refractivity contribution in [3.8, 4) is 0 Å². The highest BCUT2D eigenvalue weighted by Crippen LogP contribution is 2.29. The molecule has 0 aromatic heterocycles. The van der Waals surface area contributed by atoms with E-state index in [1.807, 2.05) is 4.90 Å². The molecule has 94 valence electrons. The van der Waals surface area contributed by atoms with Crippen LogP contribution in [0.1, 0.15) is 39.5 Å². The van der Waals surface area contributed by atoms with Crippen molar-refractivity contribution in [2.45, 2.75) is 45.6 Å². The standard InChI is InChI=1S/C12H22N2O.ClH/c1-12(2)6-8-14(9-12)11(15)10-5-3-4-7-13-10;/h10,13H,3-9H2,1-2H3;1H/t10-;/m1./s1. The maximum Gasteiger partial charge on any atom is 0.239 e. The molecular formula is C12H23ClN2O. The van der Waals surface area contributed by atoms with Crippen LogP contribution in [0.15, 0.2) is 0 Å². The number of halogens is 1. The number of carbonyl (C=O) groups is 1. The van der Waals surface area contributed by atoms with Crippen molar-refractivity contribution in [3.05, 3.63) is 0 Å². The van der Waals surface area contributed by atoms with Crippen LogP contribution in [0.25, 0.3) is 0 Å². The summed E-state index contributed by atoms with van der Waals surface area (Å²) in [5.41, 5.74) is 0.324. The average molecular weight is 247 g/mol. The van der Waals surface area contributed by atoms with Crippen molar-refractivity contribution in [1.29, 1.82) is 0 Å². The van der Waals surface area contributed by atoms with Gasteiger partial charge in [0, 0.05) is 13.1 Å². The maximum absolute atomic E-state index is 12.2. The van der Waals surface area contributed by atoms with Crippen molar-refractivity contribution >= 4 is 18.3 Å². The Kier molecular flexibility index (Phi) is 4.62. The molecule has 4 heteroatoms. The van der Waals surface area contributed by atoms with Crippen LogP contribution in [0.5, 0.6) is 0 Å². The van der Waals surface area contributed by atoms with Gasteiger partial charge in [-0.3, -0.25) is 4.79 Å². The van der Waals surface area contributed by atoms with E-state index in [0.717, 1.165) is 32.5 Å². The number of likely N-dealkylation sites (tertiary alicyclic amines) is 1. The van der Waals surface area contributed by atoms with Crippen molar-refractivity contribution in [2.24, 2.45) is 5.41 Å². The number of piperidine rings is 1. The van der Waals surface area contributed by atoms with Crippen molar-refractivity contribution < 1.29 is 4.79 Å². The molecule has 0 aromatic rings. The van der Waals surface area contributed by atoms with E-state index in [0.29, 0.717) is 11.3 Å². The minimum atomic E-state index is 0. The molecule has 2 aliphatic heterocycles. The predicted octanol–water partition coefficient (Wildman–Crippen LogP) is 1.81. The summed E-state index contributed by atoms with van der Waals surface area (Å²) in [6, 6.07) is 0.104. The Bertz CT molecular complexity index is 249. The molecule has 1 amide bonds. The van der Waals surface area contributed by atoms with E-state index in [1.54, 1.807) is 0 Å². The van der Waals surface area contributed by atoms with Gasteiger partial charge in [-0.05, 0) is 31.2 Å². The third-order valence-corrected chi connectivity index (χ3v) is 3.60. The number of hydrogen-bond acceptors (Lipinski definition) is 2. The van der Waals surface area contributed by atoms with Crippen LogP contribution in [0.3, 0.4) is 0 Å². The third kappa shape index (κ3) is 3.11. The quantitative estimate of drug-likeness (QED) is 0.766. The fourth-order valence-corrected chi connectivity index (χ4v) is 2.58. The average Bonchev–Trinajstić information content (AvgIpc) is 2.59. The lowest BCUT2D eigenvalue weighted by Gasteiger charge is -2.28. The van der Waals surface area contributed by atoms with Gasteiger partial charge in [0.05, 0.1) is 6.04 Å². The zero-order valence-electron chi connectivity index (χ0n) is 10.3. The zero-order valence-corrected chi connectivity index (χ0v) is 11.1. The molecule has 2 rings (SSSR count). The van der Waals surface area contributed by atoms with E-state index in [1.165, 1.54) is 12.8 Å². The second-order valence-electron chi connectivity index (χ2n) is 5.68. The second kappa shape index (κ2) is 5.37. The van der Waals surface area contributed by atoms with Gasteiger partial charge in [0.25, 0.3) is 0 Å². The molecule has 0 unspecified atom stereocenters. The Balaban J connectivity index is 0.00000128. The summed E-state index contributed by atoms with van der Waals surface area (Å²) in [5, 5.41) is 3.33. The molecule has 2 heterocycles. The number of nitrogens with zero attached hydrogens (tertiary/aromatic N) is 1. The molecule has 1 N–H and O–H groups in total. The molecule has 2 fully saturated rings. The number of amides is 1. The summed E-state index contributed by atoms with van der Waals surface area (Å²) in [5.74, 6) is 0.334. The molecule has 0 bridgehead atoms. The summed E-state index contributed by atoms with van der Waals surface area (Å²) >= 11 is 0. The van der Waals surface area contributed by atoms with Gasteiger partial charge >= 0.3 is 0 Å². The molecule has 16 heavy (non-hydrogen) atoms. The van der Waals surface area contributed by atoms with Gasteiger partial charge < -0.3 is 10.2 Å². The van der Waals surface area contributed by atoms with Gasteiger partial charge in [0.2, 0.25) is 5.91 Å². The topological polar surface area (TPSA) is 32.3 Å². The Morgan fingerprint density at radius 2 is 2.12 bits per heavy atom. The molecule has 1 atom stereocenters. The summed E-state index contributed by atoms with van der Waals surface area (Å²) in [6.45, 7) is 7.38. The van der Waals surface area contributed by atoms with Crippen molar-refractivity contribution in [3.63, 3.8) is 0 Å². The first-order chi connectivity index (χ1) is 7.08. The van der Waals surface area contributed by atoms with Gasteiger partial charge in [-0.15, -0.1) is 12.4 Å². The minimum absolute atomic E-state index is 0. The van der Waals surface area contributed by atoms with E-state index in [-0.39, 0.29) is 18.4 Å². The number of rotatable bonds is 1. The molecule has 0 radical (unpaired) electrons. The summed E-state index contributed by atoms with van der Waals surface area (Å²) in [4.78, 5) is 14.2. The van der Waals surface area contributed by atoms with Gasteiger partial charge in [-0.25, -0.2) is 0 Å². The van der Waals surface area contributed by atoms with Gasteiger partial charge in [0.1, 0.15) is 0 Å². The van der Waals surface area contributed by atoms with Crippen LogP contribution in [0.4, 0.5) is 0 Å². The van der Waals surface area contributed by atoms with Crippen LogP contribution in [0.2, 0.25) is 0 Å². The Labute approximate surface area is 104 Å². The first-order valence-electron chi connectivity index (χ1n) is 6.11. The predicted molar refractivity (Wildman–Crippen MR) is 67.9 cm³/mol. The Morgan fingerprint density at radius 1 is 1.38 bits per heavy atom. The van der Waals surface area contributed by atoms with Crippen LogP contribution >= 0.6 is 12.4 Å². The molecule has 0 spiro atoms. The Hall–Kier alpha value is -0.280. The molecule has 0 aliphatic carbocycles. The normalized spacial score (nSPS) is 28.6. The lowest BCUT2D eigenvalue weighted by molar-refractivity contribution is -0.133. The number of nitrogens with one attached hydrogen (secondary N) is 1. The van der Waals surface area contributed by atoms with Crippen LogP contribution in [-0.4, -0.2) is 36.5 Å². The zero-order chi connectivity index (χ0) is 10.9. The minimum Gasteiger partial charge on any atom is -0.341 e. The van der Waals surface area contributed by atoms with Crippen molar-refractivity contribution in [2.75, 3.05) is 19.6 Å². The Morgan fingerprint density at radius 3 is 2.62 bits per heavy atom.